The van der Waals surface area contributed by atoms with Crippen LogP contribution in [0.3, 0.4) is 0 Å². The predicted molar refractivity (Wildman–Crippen MR) is 83.0 cm³/mol. The SMILES string of the molecule is COc1ccccc1OC(=O)COc1ccc(C)cc1Br. The van der Waals surface area contributed by atoms with Gasteiger partial charge in [-0.25, -0.2) is 4.79 Å². The molecule has 0 saturated carbocycles. The van der Waals surface area contributed by atoms with Gasteiger partial charge in [0.05, 0.1) is 11.6 Å². The third-order valence-electron chi connectivity index (χ3n) is 2.73. The Labute approximate surface area is 131 Å². The molecule has 110 valence electrons. The Bertz CT molecular complexity index is 640. The molecule has 0 radical (unpaired) electrons. The van der Waals surface area contributed by atoms with Crippen molar-refractivity contribution in [2.24, 2.45) is 0 Å². The first-order chi connectivity index (χ1) is 10.1. The topological polar surface area (TPSA) is 44.8 Å². The number of methoxy groups -OCH3 is 1. The van der Waals surface area contributed by atoms with Crippen molar-refractivity contribution in [3.63, 3.8) is 0 Å². The fourth-order valence-electron chi connectivity index (χ4n) is 1.71. The second kappa shape index (κ2) is 7.13. The molecule has 0 heterocycles. The molecule has 0 aliphatic rings. The van der Waals surface area contributed by atoms with Gasteiger partial charge in [0.2, 0.25) is 0 Å². The number of benzene rings is 2. The molecule has 0 atom stereocenters. The summed E-state index contributed by atoms with van der Waals surface area (Å²) in [5.41, 5.74) is 1.10. The fourth-order valence-corrected chi connectivity index (χ4v) is 2.32. The number of ether oxygens (including phenoxy) is 3. The second-order valence-corrected chi connectivity index (χ2v) is 5.20. The van der Waals surface area contributed by atoms with E-state index >= 15 is 0 Å². The first-order valence-electron chi connectivity index (χ1n) is 6.33. The van der Waals surface area contributed by atoms with E-state index in [0.717, 1.165) is 10.0 Å². The van der Waals surface area contributed by atoms with Gasteiger partial charge in [-0.1, -0.05) is 18.2 Å². The summed E-state index contributed by atoms with van der Waals surface area (Å²) in [6.07, 6.45) is 0. The van der Waals surface area contributed by atoms with Gasteiger partial charge >= 0.3 is 5.97 Å². The van der Waals surface area contributed by atoms with Gasteiger partial charge in [0, 0.05) is 0 Å². The van der Waals surface area contributed by atoms with E-state index in [1.165, 1.54) is 7.11 Å². The molecule has 0 bridgehead atoms. The van der Waals surface area contributed by atoms with E-state index in [9.17, 15) is 4.79 Å². The van der Waals surface area contributed by atoms with Gasteiger partial charge < -0.3 is 14.2 Å². The van der Waals surface area contributed by atoms with E-state index < -0.39 is 5.97 Å². The van der Waals surface area contributed by atoms with Gasteiger partial charge in [-0.3, -0.25) is 0 Å². The molecule has 0 spiro atoms. The van der Waals surface area contributed by atoms with Crippen LogP contribution in [0.4, 0.5) is 0 Å². The van der Waals surface area contributed by atoms with Crippen LogP contribution in [0.25, 0.3) is 0 Å². The minimum atomic E-state index is -0.494. The van der Waals surface area contributed by atoms with Crippen molar-refractivity contribution < 1.29 is 19.0 Å². The Hall–Kier alpha value is -2.01. The van der Waals surface area contributed by atoms with E-state index in [4.69, 9.17) is 14.2 Å². The minimum Gasteiger partial charge on any atom is -0.493 e. The molecule has 2 aromatic rings. The predicted octanol–water partition coefficient (Wildman–Crippen LogP) is 3.75. The summed E-state index contributed by atoms with van der Waals surface area (Å²) in [6, 6.07) is 12.6. The van der Waals surface area contributed by atoms with E-state index in [1.807, 2.05) is 19.1 Å². The van der Waals surface area contributed by atoms with Gasteiger partial charge in [-0.2, -0.15) is 0 Å². The quantitative estimate of drug-likeness (QED) is 0.608. The Morgan fingerprint density at radius 2 is 1.81 bits per heavy atom. The number of para-hydroxylation sites is 2. The largest absolute Gasteiger partial charge is 0.493 e. The van der Waals surface area contributed by atoms with E-state index in [2.05, 4.69) is 15.9 Å². The molecular formula is C16H15BrO4. The van der Waals surface area contributed by atoms with Crippen LogP contribution in [0.1, 0.15) is 5.56 Å². The highest BCUT2D eigenvalue weighted by atomic mass is 79.9. The van der Waals surface area contributed by atoms with Crippen LogP contribution < -0.4 is 14.2 Å². The third kappa shape index (κ3) is 4.23. The number of carbonyl (C=O) groups is 1. The van der Waals surface area contributed by atoms with Crippen LogP contribution in [0.15, 0.2) is 46.9 Å². The van der Waals surface area contributed by atoms with Crippen LogP contribution in [0.5, 0.6) is 17.2 Å². The van der Waals surface area contributed by atoms with Crippen molar-refractivity contribution in [3.8, 4) is 17.2 Å². The molecule has 4 nitrogen and oxygen atoms in total. The van der Waals surface area contributed by atoms with Crippen molar-refractivity contribution in [1.29, 1.82) is 0 Å². The highest BCUT2D eigenvalue weighted by Crippen LogP contribution is 2.27. The van der Waals surface area contributed by atoms with Crippen molar-refractivity contribution in [2.45, 2.75) is 6.92 Å². The summed E-state index contributed by atoms with van der Waals surface area (Å²) in [5, 5.41) is 0. The monoisotopic (exact) mass is 350 g/mol. The first-order valence-corrected chi connectivity index (χ1v) is 7.12. The van der Waals surface area contributed by atoms with E-state index in [-0.39, 0.29) is 6.61 Å². The molecule has 0 aliphatic carbocycles. The summed E-state index contributed by atoms with van der Waals surface area (Å²) in [6.45, 7) is 1.80. The summed E-state index contributed by atoms with van der Waals surface area (Å²) >= 11 is 3.39. The summed E-state index contributed by atoms with van der Waals surface area (Å²) < 4.78 is 16.6. The lowest BCUT2D eigenvalue weighted by atomic mass is 10.2. The standard InChI is InChI=1S/C16H15BrO4/c1-11-7-8-13(12(17)9-11)20-10-16(18)21-15-6-4-3-5-14(15)19-2/h3-9H,10H2,1-2H3. The molecule has 0 fully saturated rings. The molecule has 2 aromatic carbocycles. The normalized spacial score (nSPS) is 10.0. The molecule has 0 N–H and O–H groups in total. The highest BCUT2D eigenvalue weighted by Gasteiger charge is 2.11. The smallest absolute Gasteiger partial charge is 0.349 e. The molecule has 2 rings (SSSR count). The number of hydrogen-bond acceptors (Lipinski definition) is 4. The Morgan fingerprint density at radius 3 is 2.48 bits per heavy atom. The zero-order valence-corrected chi connectivity index (χ0v) is 13.3. The number of rotatable bonds is 5. The van der Waals surface area contributed by atoms with E-state index in [1.54, 1.807) is 30.3 Å². The van der Waals surface area contributed by atoms with Crippen molar-refractivity contribution in [1.82, 2.24) is 0 Å². The van der Waals surface area contributed by atoms with Crippen molar-refractivity contribution in [3.05, 3.63) is 52.5 Å². The molecule has 21 heavy (non-hydrogen) atoms. The van der Waals surface area contributed by atoms with Crippen molar-refractivity contribution in [2.75, 3.05) is 13.7 Å². The van der Waals surface area contributed by atoms with Crippen LogP contribution in [0, 0.1) is 6.92 Å². The van der Waals surface area contributed by atoms with Crippen molar-refractivity contribution >= 4 is 21.9 Å². The number of carbonyl (C=O) groups excluding carboxylic acids is 1. The Kier molecular flexibility index (Phi) is 5.22. The first kappa shape index (κ1) is 15.4. The lowest BCUT2D eigenvalue weighted by Gasteiger charge is -2.10. The second-order valence-electron chi connectivity index (χ2n) is 4.35. The highest BCUT2D eigenvalue weighted by molar-refractivity contribution is 9.10. The maximum atomic E-state index is 11.8. The molecule has 0 unspecified atom stereocenters. The lowest BCUT2D eigenvalue weighted by Crippen LogP contribution is -2.18. The van der Waals surface area contributed by atoms with Gasteiger partial charge in [0.15, 0.2) is 18.1 Å². The maximum absolute atomic E-state index is 11.8. The Balaban J connectivity index is 1.96. The number of hydrogen-bond donors (Lipinski definition) is 0. The average Bonchev–Trinajstić information content (AvgIpc) is 2.47. The van der Waals surface area contributed by atoms with Crippen LogP contribution >= 0.6 is 15.9 Å². The maximum Gasteiger partial charge on any atom is 0.349 e. The molecule has 0 amide bonds. The van der Waals surface area contributed by atoms with E-state index in [0.29, 0.717) is 17.2 Å². The van der Waals surface area contributed by atoms with Gasteiger partial charge in [-0.05, 0) is 52.7 Å². The summed E-state index contributed by atoms with van der Waals surface area (Å²) in [5.74, 6) is 0.975. The zero-order chi connectivity index (χ0) is 15.2. The molecular weight excluding hydrogens is 336 g/mol. The summed E-state index contributed by atoms with van der Waals surface area (Å²) in [7, 11) is 1.52. The lowest BCUT2D eigenvalue weighted by molar-refractivity contribution is -0.136. The summed E-state index contributed by atoms with van der Waals surface area (Å²) in [4.78, 5) is 11.8. The fraction of sp³-hybridized carbons (Fsp3) is 0.188. The number of esters is 1. The molecule has 5 heteroatoms. The minimum absolute atomic E-state index is 0.181. The molecule has 0 saturated heterocycles. The third-order valence-corrected chi connectivity index (χ3v) is 3.35. The Morgan fingerprint density at radius 1 is 1.10 bits per heavy atom. The van der Waals surface area contributed by atoms with Gasteiger partial charge in [0.1, 0.15) is 5.75 Å². The number of aryl methyl sites for hydroxylation is 1. The zero-order valence-electron chi connectivity index (χ0n) is 11.8. The van der Waals surface area contributed by atoms with Crippen LogP contribution in [-0.2, 0) is 4.79 Å². The number of halogens is 1. The average molecular weight is 351 g/mol. The van der Waals surface area contributed by atoms with Gasteiger partial charge in [0.25, 0.3) is 0 Å². The van der Waals surface area contributed by atoms with Crippen LogP contribution in [0.2, 0.25) is 0 Å². The van der Waals surface area contributed by atoms with Gasteiger partial charge in [-0.15, -0.1) is 0 Å². The molecule has 0 aromatic heterocycles. The van der Waals surface area contributed by atoms with Crippen LogP contribution in [-0.4, -0.2) is 19.7 Å². The molecule has 0 aliphatic heterocycles.